The molecule has 8 heteroatoms. The van der Waals surface area contributed by atoms with Crippen LogP contribution < -0.4 is 4.72 Å². The first-order valence-corrected chi connectivity index (χ1v) is 13.1. The van der Waals surface area contributed by atoms with Gasteiger partial charge in [-0.15, -0.1) is 0 Å². The van der Waals surface area contributed by atoms with Crippen LogP contribution in [0.1, 0.15) is 25.3 Å². The Morgan fingerprint density at radius 1 is 1.12 bits per heavy atom. The molecule has 7 nitrogen and oxygen atoms in total. The Morgan fingerprint density at radius 3 is 2.71 bits per heavy atom. The van der Waals surface area contributed by atoms with Gasteiger partial charge in [-0.2, -0.15) is 4.72 Å². The SMILES string of the molecule is CC1CCN(C(=O)C(Cc2ccc3[nH]cnc3c2)NS(=O)(=O)c2cccc3ccccc23)CC1. The van der Waals surface area contributed by atoms with Crippen LogP contribution in [0, 0.1) is 5.92 Å². The smallest absolute Gasteiger partial charge is 0.241 e. The molecule has 2 heterocycles. The first-order valence-electron chi connectivity index (χ1n) is 11.6. The number of hydrogen-bond acceptors (Lipinski definition) is 4. The third kappa shape index (κ3) is 4.56. The van der Waals surface area contributed by atoms with Gasteiger partial charge in [0, 0.05) is 18.5 Å². The maximum absolute atomic E-state index is 13.6. The van der Waals surface area contributed by atoms with Crippen molar-refractivity contribution >= 4 is 37.7 Å². The van der Waals surface area contributed by atoms with Crippen molar-refractivity contribution < 1.29 is 13.2 Å². The zero-order valence-electron chi connectivity index (χ0n) is 19.1. The molecule has 1 aliphatic heterocycles. The van der Waals surface area contributed by atoms with E-state index in [4.69, 9.17) is 0 Å². The van der Waals surface area contributed by atoms with Gasteiger partial charge in [-0.05, 0) is 54.3 Å². The molecule has 176 valence electrons. The van der Waals surface area contributed by atoms with Gasteiger partial charge in [0.15, 0.2) is 0 Å². The van der Waals surface area contributed by atoms with Crippen LogP contribution in [-0.2, 0) is 21.2 Å². The highest BCUT2D eigenvalue weighted by atomic mass is 32.2. The molecule has 4 aromatic rings. The number of rotatable bonds is 6. The molecular formula is C26H28N4O3S. The van der Waals surface area contributed by atoms with E-state index in [-0.39, 0.29) is 17.2 Å². The number of amides is 1. The molecule has 0 saturated carbocycles. The summed E-state index contributed by atoms with van der Waals surface area (Å²) in [4.78, 5) is 22.9. The Kier molecular flexibility index (Phi) is 6.10. The minimum Gasteiger partial charge on any atom is -0.345 e. The molecule has 0 aliphatic carbocycles. The average molecular weight is 477 g/mol. The summed E-state index contributed by atoms with van der Waals surface area (Å²) in [6.07, 6.45) is 3.72. The van der Waals surface area contributed by atoms with Crippen LogP contribution >= 0.6 is 0 Å². The molecule has 0 radical (unpaired) electrons. The number of nitrogens with zero attached hydrogens (tertiary/aromatic N) is 2. The number of likely N-dealkylation sites (tertiary alicyclic amines) is 1. The van der Waals surface area contributed by atoms with E-state index in [0.29, 0.717) is 24.4 Å². The lowest BCUT2D eigenvalue weighted by Gasteiger charge is -2.33. The minimum absolute atomic E-state index is 0.179. The van der Waals surface area contributed by atoms with Gasteiger partial charge in [0.05, 0.1) is 22.3 Å². The lowest BCUT2D eigenvalue weighted by Crippen LogP contribution is -2.51. The highest BCUT2D eigenvalue weighted by molar-refractivity contribution is 7.89. The quantitative estimate of drug-likeness (QED) is 0.442. The van der Waals surface area contributed by atoms with E-state index >= 15 is 0 Å². The molecule has 5 rings (SSSR count). The number of hydrogen-bond donors (Lipinski definition) is 2. The number of benzene rings is 3. The van der Waals surface area contributed by atoms with E-state index in [9.17, 15) is 13.2 Å². The Bertz CT molecular complexity index is 1430. The number of piperidine rings is 1. The van der Waals surface area contributed by atoms with Crippen molar-refractivity contribution in [1.82, 2.24) is 19.6 Å². The summed E-state index contributed by atoms with van der Waals surface area (Å²) in [7, 11) is -3.95. The topological polar surface area (TPSA) is 95.2 Å². The average Bonchev–Trinajstić information content (AvgIpc) is 3.31. The zero-order valence-corrected chi connectivity index (χ0v) is 19.9. The molecule has 1 fully saturated rings. The number of sulfonamides is 1. The van der Waals surface area contributed by atoms with Crippen molar-refractivity contribution in [2.75, 3.05) is 13.1 Å². The van der Waals surface area contributed by atoms with E-state index < -0.39 is 16.1 Å². The van der Waals surface area contributed by atoms with Gasteiger partial charge < -0.3 is 9.88 Å². The van der Waals surface area contributed by atoms with Gasteiger partial charge in [-0.1, -0.05) is 49.4 Å². The fraction of sp³-hybridized carbons (Fsp3) is 0.308. The van der Waals surface area contributed by atoms with E-state index in [1.807, 2.05) is 42.5 Å². The van der Waals surface area contributed by atoms with Gasteiger partial charge in [0.25, 0.3) is 0 Å². The van der Waals surface area contributed by atoms with Crippen molar-refractivity contribution in [3.8, 4) is 0 Å². The summed E-state index contributed by atoms with van der Waals surface area (Å²) in [6, 6.07) is 17.4. The maximum atomic E-state index is 13.6. The lowest BCUT2D eigenvalue weighted by atomic mass is 9.98. The third-order valence-corrected chi connectivity index (χ3v) is 8.19. The first-order chi connectivity index (χ1) is 16.4. The Hall–Kier alpha value is -3.23. The Labute approximate surface area is 199 Å². The van der Waals surface area contributed by atoms with Crippen molar-refractivity contribution in [1.29, 1.82) is 0 Å². The number of fused-ring (bicyclic) bond motifs is 2. The fourth-order valence-corrected chi connectivity index (χ4v) is 6.07. The maximum Gasteiger partial charge on any atom is 0.241 e. The summed E-state index contributed by atoms with van der Waals surface area (Å²) in [5.41, 5.74) is 2.53. The molecule has 0 spiro atoms. The summed E-state index contributed by atoms with van der Waals surface area (Å²) in [6.45, 7) is 3.47. The van der Waals surface area contributed by atoms with E-state index in [0.717, 1.165) is 34.8 Å². The van der Waals surface area contributed by atoms with Crippen LogP contribution in [0.3, 0.4) is 0 Å². The van der Waals surface area contributed by atoms with Crippen LogP contribution in [0.15, 0.2) is 71.9 Å². The van der Waals surface area contributed by atoms with Gasteiger partial charge >= 0.3 is 0 Å². The molecule has 1 amide bonds. The summed E-state index contributed by atoms with van der Waals surface area (Å²) in [5, 5.41) is 1.47. The normalized spacial score (nSPS) is 16.2. The number of carbonyl (C=O) groups is 1. The van der Waals surface area contributed by atoms with Crippen LogP contribution in [-0.4, -0.2) is 48.3 Å². The van der Waals surface area contributed by atoms with E-state index in [1.54, 1.807) is 29.4 Å². The lowest BCUT2D eigenvalue weighted by molar-refractivity contribution is -0.134. The third-order valence-electron chi connectivity index (χ3n) is 6.66. The van der Waals surface area contributed by atoms with Crippen LogP contribution in [0.5, 0.6) is 0 Å². The van der Waals surface area contributed by atoms with Crippen LogP contribution in [0.25, 0.3) is 21.8 Å². The van der Waals surface area contributed by atoms with Crippen molar-refractivity contribution in [3.63, 3.8) is 0 Å². The van der Waals surface area contributed by atoms with Gasteiger partial charge in [-0.3, -0.25) is 4.79 Å². The molecule has 1 aliphatic rings. The molecule has 3 aromatic carbocycles. The summed E-state index contributed by atoms with van der Waals surface area (Å²) < 4.78 is 29.9. The predicted molar refractivity (Wildman–Crippen MR) is 133 cm³/mol. The molecule has 2 N–H and O–H groups in total. The van der Waals surface area contributed by atoms with E-state index in [1.165, 1.54) is 0 Å². The fourth-order valence-electron chi connectivity index (χ4n) is 4.65. The number of aromatic amines is 1. The minimum atomic E-state index is -3.95. The monoisotopic (exact) mass is 476 g/mol. The number of aromatic nitrogens is 2. The first kappa shape index (κ1) is 22.6. The molecule has 0 bridgehead atoms. The van der Waals surface area contributed by atoms with Crippen molar-refractivity contribution in [2.24, 2.45) is 5.92 Å². The van der Waals surface area contributed by atoms with Gasteiger partial charge in [-0.25, -0.2) is 13.4 Å². The molecular weight excluding hydrogens is 448 g/mol. The number of imidazole rings is 1. The van der Waals surface area contributed by atoms with Crippen molar-refractivity contribution in [2.45, 2.75) is 37.1 Å². The largest absolute Gasteiger partial charge is 0.345 e. The van der Waals surface area contributed by atoms with Crippen LogP contribution in [0.2, 0.25) is 0 Å². The van der Waals surface area contributed by atoms with E-state index in [2.05, 4.69) is 21.6 Å². The molecule has 1 saturated heterocycles. The summed E-state index contributed by atoms with van der Waals surface area (Å²) >= 11 is 0. The number of H-pyrrole nitrogens is 1. The van der Waals surface area contributed by atoms with Gasteiger partial charge in [0.2, 0.25) is 15.9 Å². The molecule has 34 heavy (non-hydrogen) atoms. The second-order valence-electron chi connectivity index (χ2n) is 9.12. The molecule has 1 atom stereocenters. The number of nitrogens with one attached hydrogen (secondary N) is 2. The highest BCUT2D eigenvalue weighted by Crippen LogP contribution is 2.24. The molecule has 1 unspecified atom stereocenters. The summed E-state index contributed by atoms with van der Waals surface area (Å²) in [5.74, 6) is 0.384. The standard InChI is InChI=1S/C26H28N4O3S/c1-18-11-13-30(14-12-18)26(31)24(16-19-9-10-22-23(15-19)28-17-27-22)29-34(32,33)25-8-4-6-20-5-2-3-7-21(20)25/h2-10,15,17-18,24,29H,11-14,16H2,1H3,(H,27,28). The second kappa shape index (κ2) is 9.19. The van der Waals surface area contributed by atoms with Crippen molar-refractivity contribution in [3.05, 3.63) is 72.6 Å². The van der Waals surface area contributed by atoms with Crippen LogP contribution in [0.4, 0.5) is 0 Å². The molecule has 1 aromatic heterocycles. The highest BCUT2D eigenvalue weighted by Gasteiger charge is 2.31. The zero-order chi connectivity index (χ0) is 23.7. The second-order valence-corrected chi connectivity index (χ2v) is 10.8. The Morgan fingerprint density at radius 2 is 1.88 bits per heavy atom. The predicted octanol–water partition coefficient (Wildman–Crippen LogP) is 3.86. The Balaban J connectivity index is 1.48. The van der Waals surface area contributed by atoms with Gasteiger partial charge in [0.1, 0.15) is 6.04 Å². The number of carbonyl (C=O) groups excluding carboxylic acids is 1.